The van der Waals surface area contributed by atoms with Crippen LogP contribution in [0, 0.1) is 0 Å². The molecule has 0 radical (unpaired) electrons. The second-order valence-electron chi connectivity index (χ2n) is 4.32. The largest absolute Gasteiger partial charge is 0.418 e. The molecule has 0 aromatic heterocycles. The van der Waals surface area contributed by atoms with Gasteiger partial charge in [0.15, 0.2) is 0 Å². The highest BCUT2D eigenvalue weighted by Gasteiger charge is 2.34. The standard InChI is InChI=1S/C12H16BrF3N2O2S/c1-2-17-6-3-7-21(19,20)18-11-5-4-9(13)8-10(11)12(14,15)16/h4-5,8,17-18H,2-3,6-7H2,1H3. The lowest BCUT2D eigenvalue weighted by molar-refractivity contribution is -0.136. The minimum Gasteiger partial charge on any atom is -0.317 e. The van der Waals surface area contributed by atoms with Crippen LogP contribution in [0.15, 0.2) is 22.7 Å². The van der Waals surface area contributed by atoms with Gasteiger partial charge in [-0.05, 0) is 37.7 Å². The van der Waals surface area contributed by atoms with Crippen LogP contribution in [-0.2, 0) is 16.2 Å². The van der Waals surface area contributed by atoms with Gasteiger partial charge in [-0.3, -0.25) is 4.72 Å². The Kier molecular flexibility index (Phi) is 6.48. The number of rotatable bonds is 7. The molecule has 0 heterocycles. The molecular formula is C12H16BrF3N2O2S. The molecule has 0 aliphatic heterocycles. The minimum atomic E-state index is -4.63. The zero-order valence-electron chi connectivity index (χ0n) is 11.3. The van der Waals surface area contributed by atoms with Crippen LogP contribution in [0.4, 0.5) is 18.9 Å². The number of nitrogens with one attached hydrogen (secondary N) is 2. The van der Waals surface area contributed by atoms with Crippen molar-refractivity contribution < 1.29 is 21.6 Å². The van der Waals surface area contributed by atoms with E-state index in [4.69, 9.17) is 0 Å². The number of alkyl halides is 3. The van der Waals surface area contributed by atoms with Crippen LogP contribution in [0.2, 0.25) is 0 Å². The van der Waals surface area contributed by atoms with Crippen molar-refractivity contribution in [3.05, 3.63) is 28.2 Å². The predicted octanol–water partition coefficient (Wildman–Crippen LogP) is 3.21. The first kappa shape index (κ1) is 18.2. The second kappa shape index (κ2) is 7.46. The fourth-order valence-electron chi connectivity index (χ4n) is 1.62. The van der Waals surface area contributed by atoms with Gasteiger partial charge in [-0.2, -0.15) is 13.2 Å². The summed E-state index contributed by atoms with van der Waals surface area (Å²) in [5.41, 5.74) is -1.48. The van der Waals surface area contributed by atoms with Crippen LogP contribution in [0.5, 0.6) is 0 Å². The maximum Gasteiger partial charge on any atom is 0.418 e. The van der Waals surface area contributed by atoms with Crippen LogP contribution in [-0.4, -0.2) is 27.3 Å². The molecule has 120 valence electrons. The predicted molar refractivity (Wildman–Crippen MR) is 79.7 cm³/mol. The second-order valence-corrected chi connectivity index (χ2v) is 7.07. The Morgan fingerprint density at radius 1 is 1.29 bits per heavy atom. The monoisotopic (exact) mass is 388 g/mol. The first-order valence-corrected chi connectivity index (χ1v) is 8.68. The Balaban J connectivity index is 2.87. The maximum absolute atomic E-state index is 12.9. The Bertz CT molecular complexity index is 576. The Morgan fingerprint density at radius 2 is 1.95 bits per heavy atom. The quantitative estimate of drug-likeness (QED) is 0.705. The van der Waals surface area contributed by atoms with Crippen molar-refractivity contribution in [3.63, 3.8) is 0 Å². The van der Waals surface area contributed by atoms with Gasteiger partial charge in [0.05, 0.1) is 17.0 Å². The summed E-state index contributed by atoms with van der Waals surface area (Å²) < 4.78 is 64.5. The molecule has 1 aromatic carbocycles. The number of sulfonamides is 1. The summed E-state index contributed by atoms with van der Waals surface area (Å²) in [6, 6.07) is 3.29. The molecule has 4 nitrogen and oxygen atoms in total. The Morgan fingerprint density at radius 3 is 2.52 bits per heavy atom. The molecule has 2 N–H and O–H groups in total. The first-order valence-electron chi connectivity index (χ1n) is 6.23. The van der Waals surface area contributed by atoms with E-state index in [1.165, 1.54) is 6.07 Å². The number of benzene rings is 1. The SMILES string of the molecule is CCNCCCS(=O)(=O)Nc1ccc(Br)cc1C(F)(F)F. The summed E-state index contributed by atoms with van der Waals surface area (Å²) >= 11 is 2.94. The summed E-state index contributed by atoms with van der Waals surface area (Å²) in [4.78, 5) is 0. The normalized spacial score (nSPS) is 12.4. The highest BCUT2D eigenvalue weighted by molar-refractivity contribution is 9.10. The van der Waals surface area contributed by atoms with E-state index in [2.05, 4.69) is 21.2 Å². The average molecular weight is 389 g/mol. The van der Waals surface area contributed by atoms with E-state index >= 15 is 0 Å². The van der Waals surface area contributed by atoms with E-state index in [0.29, 0.717) is 19.5 Å². The number of anilines is 1. The summed E-state index contributed by atoms with van der Waals surface area (Å²) in [6.07, 6.45) is -4.31. The van der Waals surface area contributed by atoms with E-state index in [-0.39, 0.29) is 10.2 Å². The van der Waals surface area contributed by atoms with Gasteiger partial charge >= 0.3 is 6.18 Å². The van der Waals surface area contributed by atoms with E-state index < -0.39 is 27.5 Å². The third-order valence-electron chi connectivity index (χ3n) is 2.57. The van der Waals surface area contributed by atoms with Gasteiger partial charge in [-0.25, -0.2) is 8.42 Å². The lowest BCUT2D eigenvalue weighted by Crippen LogP contribution is -2.23. The van der Waals surface area contributed by atoms with Gasteiger partial charge in [-0.1, -0.05) is 22.9 Å². The zero-order chi connectivity index (χ0) is 16.1. The van der Waals surface area contributed by atoms with Crippen LogP contribution in [0.1, 0.15) is 18.9 Å². The van der Waals surface area contributed by atoms with Crippen molar-refractivity contribution in [2.75, 3.05) is 23.6 Å². The van der Waals surface area contributed by atoms with Crippen molar-refractivity contribution in [2.24, 2.45) is 0 Å². The lowest BCUT2D eigenvalue weighted by atomic mass is 10.2. The van der Waals surface area contributed by atoms with Gasteiger partial charge in [-0.15, -0.1) is 0 Å². The fraction of sp³-hybridized carbons (Fsp3) is 0.500. The van der Waals surface area contributed by atoms with Crippen molar-refractivity contribution in [1.29, 1.82) is 0 Å². The van der Waals surface area contributed by atoms with E-state index in [1.54, 1.807) is 0 Å². The number of hydrogen-bond acceptors (Lipinski definition) is 3. The summed E-state index contributed by atoms with van der Waals surface area (Å²) in [6.45, 7) is 3.08. The summed E-state index contributed by atoms with van der Waals surface area (Å²) in [5, 5.41) is 2.95. The van der Waals surface area contributed by atoms with Gasteiger partial charge in [0, 0.05) is 4.47 Å². The van der Waals surface area contributed by atoms with Gasteiger partial charge in [0.1, 0.15) is 0 Å². The van der Waals surface area contributed by atoms with E-state index in [0.717, 1.165) is 12.1 Å². The third-order valence-corrected chi connectivity index (χ3v) is 4.42. The number of hydrogen-bond donors (Lipinski definition) is 2. The van der Waals surface area contributed by atoms with Crippen LogP contribution in [0.25, 0.3) is 0 Å². The Labute approximate surface area is 130 Å². The molecule has 0 unspecified atom stereocenters. The van der Waals surface area contributed by atoms with Gasteiger partial charge in [0.2, 0.25) is 10.0 Å². The minimum absolute atomic E-state index is 0.227. The highest BCUT2D eigenvalue weighted by Crippen LogP contribution is 2.36. The van der Waals surface area contributed by atoms with Crippen LogP contribution >= 0.6 is 15.9 Å². The molecule has 1 rings (SSSR count). The van der Waals surface area contributed by atoms with E-state index in [1.807, 2.05) is 11.6 Å². The molecule has 0 saturated carbocycles. The summed E-state index contributed by atoms with van der Waals surface area (Å²) in [7, 11) is -3.82. The molecule has 9 heteroatoms. The topological polar surface area (TPSA) is 58.2 Å². The average Bonchev–Trinajstić information content (AvgIpc) is 2.35. The number of halogens is 4. The maximum atomic E-state index is 12.9. The lowest BCUT2D eigenvalue weighted by Gasteiger charge is -2.15. The first-order chi connectivity index (χ1) is 9.65. The molecule has 0 fully saturated rings. The van der Waals surface area contributed by atoms with Crippen molar-refractivity contribution in [3.8, 4) is 0 Å². The molecule has 1 aromatic rings. The van der Waals surface area contributed by atoms with E-state index in [9.17, 15) is 21.6 Å². The van der Waals surface area contributed by atoms with Gasteiger partial charge < -0.3 is 5.32 Å². The third kappa shape index (κ3) is 6.23. The van der Waals surface area contributed by atoms with Gasteiger partial charge in [0.25, 0.3) is 0 Å². The van der Waals surface area contributed by atoms with Crippen molar-refractivity contribution >= 4 is 31.6 Å². The molecule has 0 atom stereocenters. The summed E-state index contributed by atoms with van der Waals surface area (Å²) in [5.74, 6) is -0.243. The Hall–Kier alpha value is -0.800. The molecular weight excluding hydrogens is 373 g/mol. The molecule has 0 aliphatic carbocycles. The van der Waals surface area contributed by atoms with Crippen molar-refractivity contribution in [2.45, 2.75) is 19.5 Å². The molecule has 0 spiro atoms. The fourth-order valence-corrected chi connectivity index (χ4v) is 3.12. The molecule has 21 heavy (non-hydrogen) atoms. The zero-order valence-corrected chi connectivity index (χ0v) is 13.7. The molecule has 0 amide bonds. The molecule has 0 aliphatic rings. The highest BCUT2D eigenvalue weighted by atomic mass is 79.9. The van der Waals surface area contributed by atoms with Crippen molar-refractivity contribution in [1.82, 2.24) is 5.32 Å². The smallest absolute Gasteiger partial charge is 0.317 e. The van der Waals surface area contributed by atoms with Crippen LogP contribution < -0.4 is 10.0 Å². The molecule has 0 saturated heterocycles. The van der Waals surface area contributed by atoms with Crippen LogP contribution in [0.3, 0.4) is 0 Å². The molecule has 0 bridgehead atoms.